The van der Waals surface area contributed by atoms with Crippen molar-refractivity contribution < 1.29 is 19.4 Å². The van der Waals surface area contributed by atoms with Crippen molar-refractivity contribution in [1.82, 2.24) is 20.0 Å². The second-order valence-corrected chi connectivity index (χ2v) is 6.27. The number of hydrogen-bond donors (Lipinski definition) is 3. The number of nitrogens with one attached hydrogen (secondary N) is 2. The number of rotatable bonds is 4. The average Bonchev–Trinajstić information content (AvgIpc) is 3.25. The summed E-state index contributed by atoms with van der Waals surface area (Å²) in [5, 5.41) is 22.9. The molecule has 2 aromatic heterocycles. The number of ether oxygens (including phenoxy) is 1. The number of aromatic amines is 1. The highest BCUT2D eigenvalue weighted by Crippen LogP contribution is 2.39. The van der Waals surface area contributed by atoms with Crippen molar-refractivity contribution in [2.24, 2.45) is 0 Å². The van der Waals surface area contributed by atoms with E-state index in [1.807, 2.05) is 31.2 Å². The first-order valence-corrected chi connectivity index (χ1v) is 8.30. The Morgan fingerprint density at radius 2 is 2.07 bits per heavy atom. The second kappa shape index (κ2) is 6.27. The number of benzene rings is 1. The first-order valence-electron chi connectivity index (χ1n) is 8.30. The lowest BCUT2D eigenvalue weighted by Crippen LogP contribution is -2.24. The van der Waals surface area contributed by atoms with Gasteiger partial charge in [-0.1, -0.05) is 0 Å². The number of fused-ring (bicyclic) bond motifs is 1. The van der Waals surface area contributed by atoms with Crippen LogP contribution in [0.25, 0.3) is 5.69 Å². The van der Waals surface area contributed by atoms with Crippen LogP contribution >= 0.6 is 0 Å². The van der Waals surface area contributed by atoms with Gasteiger partial charge in [-0.3, -0.25) is 9.89 Å². The molecule has 1 aliphatic rings. The average molecular weight is 367 g/mol. The third-order valence-electron chi connectivity index (χ3n) is 4.75. The van der Waals surface area contributed by atoms with Crippen molar-refractivity contribution in [3.63, 3.8) is 0 Å². The first kappa shape index (κ1) is 16.8. The van der Waals surface area contributed by atoms with Crippen LogP contribution in [0.1, 0.15) is 39.6 Å². The van der Waals surface area contributed by atoms with E-state index in [-0.39, 0.29) is 23.8 Å². The molecule has 1 amide bonds. The van der Waals surface area contributed by atoms with Crippen molar-refractivity contribution in [2.75, 3.05) is 12.4 Å². The lowest BCUT2D eigenvalue weighted by atomic mass is 9.86. The molecule has 9 nitrogen and oxygen atoms in total. The van der Waals surface area contributed by atoms with Crippen molar-refractivity contribution in [2.45, 2.75) is 19.3 Å². The summed E-state index contributed by atoms with van der Waals surface area (Å²) in [5.74, 6) is -0.782. The molecule has 0 saturated heterocycles. The molecule has 3 N–H and O–H groups in total. The molecule has 138 valence electrons. The van der Waals surface area contributed by atoms with Gasteiger partial charge in [0.25, 0.3) is 0 Å². The number of aromatic carboxylic acids is 1. The maximum Gasteiger partial charge on any atom is 0.354 e. The molecule has 3 aromatic rings. The fourth-order valence-corrected chi connectivity index (χ4v) is 3.43. The molecule has 1 aliphatic heterocycles. The van der Waals surface area contributed by atoms with Crippen LogP contribution in [0, 0.1) is 6.92 Å². The topological polar surface area (TPSA) is 122 Å². The number of carboxylic acids is 1. The molecule has 1 atom stereocenters. The van der Waals surface area contributed by atoms with E-state index in [1.54, 1.807) is 18.0 Å². The van der Waals surface area contributed by atoms with Crippen LogP contribution < -0.4 is 10.1 Å². The lowest BCUT2D eigenvalue weighted by molar-refractivity contribution is -0.116. The number of anilines is 1. The summed E-state index contributed by atoms with van der Waals surface area (Å²) in [6.07, 6.45) is 1.80. The van der Waals surface area contributed by atoms with Crippen LogP contribution in [-0.4, -0.2) is 44.1 Å². The summed E-state index contributed by atoms with van der Waals surface area (Å²) >= 11 is 0. The summed E-state index contributed by atoms with van der Waals surface area (Å²) < 4.78 is 6.92. The molecule has 1 aromatic carbocycles. The Morgan fingerprint density at radius 3 is 2.74 bits per heavy atom. The first-order chi connectivity index (χ1) is 13.0. The van der Waals surface area contributed by atoms with E-state index in [4.69, 9.17) is 4.74 Å². The third-order valence-corrected chi connectivity index (χ3v) is 4.75. The van der Waals surface area contributed by atoms with Crippen LogP contribution in [-0.2, 0) is 4.79 Å². The molecule has 0 aliphatic carbocycles. The fourth-order valence-electron chi connectivity index (χ4n) is 3.43. The number of nitrogens with zero attached hydrogens (tertiary/aromatic N) is 3. The summed E-state index contributed by atoms with van der Waals surface area (Å²) in [5.41, 5.74) is 2.89. The van der Waals surface area contributed by atoms with Crippen molar-refractivity contribution in [3.05, 3.63) is 53.0 Å². The number of hydrogen-bond acceptors (Lipinski definition) is 5. The minimum absolute atomic E-state index is 0.0217. The van der Waals surface area contributed by atoms with Gasteiger partial charge in [-0.15, -0.1) is 0 Å². The summed E-state index contributed by atoms with van der Waals surface area (Å²) in [6.45, 7) is 1.89. The monoisotopic (exact) mass is 367 g/mol. The number of carbonyl (C=O) groups excluding carboxylic acids is 1. The van der Waals surface area contributed by atoms with Gasteiger partial charge in [0.05, 0.1) is 19.0 Å². The Bertz CT molecular complexity index is 1030. The molecule has 0 unspecified atom stereocenters. The summed E-state index contributed by atoms with van der Waals surface area (Å²) in [4.78, 5) is 23.6. The van der Waals surface area contributed by atoms with E-state index >= 15 is 0 Å². The van der Waals surface area contributed by atoms with Crippen LogP contribution in [0.15, 0.2) is 30.5 Å². The fraction of sp³-hybridized carbons (Fsp3) is 0.222. The highest BCUT2D eigenvalue weighted by Gasteiger charge is 2.35. The SMILES string of the molecule is COc1ccc(-n2ncc([C@H]3CC(=O)Nc4n[nH]c(C(=O)O)c43)c2C)cc1. The van der Waals surface area contributed by atoms with E-state index in [9.17, 15) is 14.7 Å². The number of H-pyrrole nitrogens is 1. The molecule has 3 heterocycles. The lowest BCUT2D eigenvalue weighted by Gasteiger charge is -2.22. The van der Waals surface area contributed by atoms with E-state index in [1.165, 1.54) is 0 Å². The number of aromatic nitrogens is 4. The van der Waals surface area contributed by atoms with Crippen LogP contribution in [0.3, 0.4) is 0 Å². The number of methoxy groups -OCH3 is 1. The molecule has 0 radical (unpaired) electrons. The highest BCUT2D eigenvalue weighted by atomic mass is 16.5. The zero-order valence-electron chi connectivity index (χ0n) is 14.7. The van der Waals surface area contributed by atoms with Crippen LogP contribution in [0.5, 0.6) is 5.75 Å². The standard InChI is InChI=1S/C18H17N5O4/c1-9-13(8-19-23(9)10-3-5-11(27-2)6-4-10)12-7-14(24)20-17-15(12)16(18(25)26)21-22-17/h3-6,8,12H,7H2,1-2H3,(H,25,26)(H2,20,21,22,24)/t12-/m1/s1. The third kappa shape index (κ3) is 2.73. The van der Waals surface area contributed by atoms with Gasteiger partial charge in [0.15, 0.2) is 5.82 Å². The smallest absolute Gasteiger partial charge is 0.354 e. The Labute approximate surface area is 154 Å². The Kier molecular flexibility index (Phi) is 3.91. The van der Waals surface area contributed by atoms with Gasteiger partial charge < -0.3 is 15.2 Å². The second-order valence-electron chi connectivity index (χ2n) is 6.27. The van der Waals surface area contributed by atoms with Gasteiger partial charge in [0, 0.05) is 29.2 Å². The molecule has 0 fully saturated rings. The molecule has 4 rings (SSSR count). The predicted octanol–water partition coefficient (Wildman–Crippen LogP) is 2.08. The largest absolute Gasteiger partial charge is 0.497 e. The Morgan fingerprint density at radius 1 is 1.33 bits per heavy atom. The normalized spacial score (nSPS) is 15.9. The molecule has 0 saturated carbocycles. The zero-order valence-corrected chi connectivity index (χ0v) is 14.7. The van der Waals surface area contributed by atoms with E-state index in [2.05, 4.69) is 20.6 Å². The molecule has 27 heavy (non-hydrogen) atoms. The van der Waals surface area contributed by atoms with Crippen LogP contribution in [0.4, 0.5) is 5.82 Å². The van der Waals surface area contributed by atoms with Gasteiger partial charge in [0.2, 0.25) is 5.91 Å². The van der Waals surface area contributed by atoms with Crippen LogP contribution in [0.2, 0.25) is 0 Å². The maximum atomic E-state index is 12.1. The van der Waals surface area contributed by atoms with Crippen molar-refractivity contribution >= 4 is 17.7 Å². The van der Waals surface area contributed by atoms with Crippen molar-refractivity contribution in [3.8, 4) is 11.4 Å². The molecular formula is C18H17N5O4. The number of carbonyl (C=O) groups is 2. The van der Waals surface area contributed by atoms with Gasteiger partial charge in [-0.2, -0.15) is 10.2 Å². The minimum atomic E-state index is -1.12. The minimum Gasteiger partial charge on any atom is -0.497 e. The summed E-state index contributed by atoms with van der Waals surface area (Å²) in [7, 11) is 1.60. The zero-order chi connectivity index (χ0) is 19.1. The Hall–Kier alpha value is -3.62. The van der Waals surface area contributed by atoms with E-state index < -0.39 is 11.9 Å². The number of amides is 1. The van der Waals surface area contributed by atoms with Gasteiger partial charge in [-0.25, -0.2) is 9.48 Å². The quantitative estimate of drug-likeness (QED) is 0.649. The molecular weight excluding hydrogens is 350 g/mol. The van der Waals surface area contributed by atoms with Crippen molar-refractivity contribution in [1.29, 1.82) is 0 Å². The number of carboxylic acid groups (broad SMARTS) is 1. The predicted molar refractivity (Wildman–Crippen MR) is 95.5 cm³/mol. The van der Waals surface area contributed by atoms with Gasteiger partial charge in [0.1, 0.15) is 11.4 Å². The van der Waals surface area contributed by atoms with Gasteiger partial charge >= 0.3 is 5.97 Å². The molecule has 9 heteroatoms. The van der Waals surface area contributed by atoms with E-state index in [0.717, 1.165) is 22.7 Å². The molecule has 0 spiro atoms. The summed E-state index contributed by atoms with van der Waals surface area (Å²) in [6, 6.07) is 7.42. The highest BCUT2D eigenvalue weighted by molar-refractivity contribution is 5.98. The molecule has 0 bridgehead atoms. The Balaban J connectivity index is 1.79. The van der Waals surface area contributed by atoms with E-state index in [0.29, 0.717) is 5.56 Å². The maximum absolute atomic E-state index is 12.1. The van der Waals surface area contributed by atoms with Gasteiger partial charge in [-0.05, 0) is 31.2 Å².